The van der Waals surface area contributed by atoms with Crippen LogP contribution in [0.2, 0.25) is 5.02 Å². The van der Waals surface area contributed by atoms with Gasteiger partial charge in [0, 0.05) is 16.1 Å². The van der Waals surface area contributed by atoms with Crippen molar-refractivity contribution in [3.05, 3.63) is 93.5 Å². The van der Waals surface area contributed by atoms with E-state index in [4.69, 9.17) is 16.3 Å². The van der Waals surface area contributed by atoms with E-state index in [2.05, 4.69) is 41.5 Å². The van der Waals surface area contributed by atoms with E-state index in [0.717, 1.165) is 28.0 Å². The number of hydrogen-bond donors (Lipinski definition) is 1. The molecule has 1 aliphatic heterocycles. The normalized spacial score (nSPS) is 18.0. The fourth-order valence-electron chi connectivity index (χ4n) is 4.53. The number of carbonyl (C=O) groups excluding carboxylic acids is 1. The number of para-hydroxylation sites is 1. The summed E-state index contributed by atoms with van der Waals surface area (Å²) in [5.41, 5.74) is 3.71. The molecule has 0 saturated carbocycles. The molecule has 1 N–H and O–H groups in total. The zero-order valence-corrected chi connectivity index (χ0v) is 20.8. The molecule has 0 aromatic heterocycles. The van der Waals surface area contributed by atoms with Gasteiger partial charge in [0.05, 0.1) is 5.92 Å². The van der Waals surface area contributed by atoms with Crippen molar-refractivity contribution in [2.45, 2.75) is 64.4 Å². The van der Waals surface area contributed by atoms with Gasteiger partial charge < -0.3 is 9.84 Å². The van der Waals surface area contributed by atoms with Crippen LogP contribution >= 0.6 is 11.6 Å². The lowest BCUT2D eigenvalue weighted by atomic mass is 9.75. The van der Waals surface area contributed by atoms with E-state index in [9.17, 15) is 9.90 Å². The van der Waals surface area contributed by atoms with Gasteiger partial charge in [-0.25, -0.2) is 0 Å². The second-order valence-electron chi connectivity index (χ2n) is 10.9. The van der Waals surface area contributed by atoms with Gasteiger partial charge in [-0.1, -0.05) is 83.5 Å². The monoisotopic (exact) mass is 462 g/mol. The maximum atomic E-state index is 13.6. The molecule has 0 fully saturated rings. The van der Waals surface area contributed by atoms with Crippen LogP contribution in [0, 0.1) is 0 Å². The third kappa shape index (κ3) is 4.39. The Bertz CT molecular complexity index is 1160. The molecule has 0 aliphatic carbocycles. The van der Waals surface area contributed by atoms with E-state index >= 15 is 0 Å². The summed E-state index contributed by atoms with van der Waals surface area (Å²) in [6, 6.07) is 18.8. The Morgan fingerprint density at radius 3 is 1.97 bits per heavy atom. The lowest BCUT2D eigenvalue weighted by Crippen LogP contribution is -2.30. The summed E-state index contributed by atoms with van der Waals surface area (Å²) in [6.07, 6.45) is -0.700. The first-order valence-electron chi connectivity index (χ1n) is 11.3. The molecule has 4 rings (SSSR count). The highest BCUT2D eigenvalue weighted by atomic mass is 35.5. The van der Waals surface area contributed by atoms with Crippen molar-refractivity contribution in [3.8, 4) is 11.5 Å². The molecule has 2 atom stereocenters. The highest BCUT2D eigenvalue weighted by Gasteiger charge is 2.41. The average Bonchev–Trinajstić information content (AvgIpc) is 3.12. The first-order chi connectivity index (χ1) is 15.4. The fraction of sp³-hybridized carbons (Fsp3) is 0.345. The minimum atomic E-state index is -0.700. The van der Waals surface area contributed by atoms with Crippen LogP contribution in [0.1, 0.15) is 80.1 Å². The largest absolute Gasteiger partial charge is 0.507 e. The summed E-state index contributed by atoms with van der Waals surface area (Å²) in [6.45, 7) is 12.5. The quantitative estimate of drug-likeness (QED) is 0.412. The molecule has 3 aromatic rings. The number of aromatic hydroxyl groups is 1. The van der Waals surface area contributed by atoms with Crippen LogP contribution in [0.5, 0.6) is 11.5 Å². The summed E-state index contributed by atoms with van der Waals surface area (Å²) in [5, 5.41) is 11.8. The number of ether oxygens (including phenoxy) is 1. The minimum absolute atomic E-state index is 0.0874. The van der Waals surface area contributed by atoms with E-state index < -0.39 is 6.10 Å². The van der Waals surface area contributed by atoms with Crippen LogP contribution < -0.4 is 4.74 Å². The van der Waals surface area contributed by atoms with Crippen molar-refractivity contribution in [1.29, 1.82) is 0 Å². The first-order valence-corrected chi connectivity index (χ1v) is 11.7. The Hall–Kier alpha value is -2.78. The van der Waals surface area contributed by atoms with E-state index in [0.29, 0.717) is 16.3 Å². The third-order valence-corrected chi connectivity index (χ3v) is 6.56. The average molecular weight is 463 g/mol. The van der Waals surface area contributed by atoms with Crippen LogP contribution in [0.4, 0.5) is 0 Å². The molecule has 1 aliphatic rings. The second-order valence-corrected chi connectivity index (χ2v) is 11.3. The van der Waals surface area contributed by atoms with Gasteiger partial charge in [-0.2, -0.15) is 0 Å². The number of Topliss-reactive ketones (excluding diaryl/α,β-unsaturated/α-hetero) is 1. The van der Waals surface area contributed by atoms with Crippen LogP contribution in [-0.4, -0.2) is 17.0 Å². The zero-order chi connectivity index (χ0) is 24.1. The molecule has 0 bridgehead atoms. The van der Waals surface area contributed by atoms with Gasteiger partial charge in [0.25, 0.3) is 0 Å². The summed E-state index contributed by atoms with van der Waals surface area (Å²) in [5.74, 6) is 0.673. The molecule has 0 amide bonds. The smallest absolute Gasteiger partial charge is 0.204 e. The molecular formula is C29H31ClO3. The number of benzene rings is 3. The predicted octanol–water partition coefficient (Wildman–Crippen LogP) is 7.42. The van der Waals surface area contributed by atoms with Gasteiger partial charge in [0.2, 0.25) is 5.78 Å². The van der Waals surface area contributed by atoms with Gasteiger partial charge in [-0.3, -0.25) is 4.79 Å². The molecule has 4 heteroatoms. The molecule has 33 heavy (non-hydrogen) atoms. The molecule has 0 saturated heterocycles. The Morgan fingerprint density at radius 2 is 1.42 bits per heavy atom. The summed E-state index contributed by atoms with van der Waals surface area (Å²) < 4.78 is 6.26. The fourth-order valence-corrected chi connectivity index (χ4v) is 4.66. The number of halogens is 1. The highest BCUT2D eigenvalue weighted by molar-refractivity contribution is 6.30. The van der Waals surface area contributed by atoms with Crippen molar-refractivity contribution >= 4 is 17.4 Å². The molecular weight excluding hydrogens is 432 g/mol. The third-order valence-electron chi connectivity index (χ3n) is 6.31. The van der Waals surface area contributed by atoms with Crippen molar-refractivity contribution in [2.75, 3.05) is 0 Å². The first kappa shape index (κ1) is 23.4. The number of phenolic OH excluding ortho intramolecular Hbond substituents is 1. The number of carbonyl (C=O) groups is 1. The van der Waals surface area contributed by atoms with Gasteiger partial charge in [-0.05, 0) is 57.9 Å². The highest BCUT2D eigenvalue weighted by Crippen LogP contribution is 2.47. The van der Waals surface area contributed by atoms with Crippen LogP contribution in [0.3, 0.4) is 0 Å². The number of fused-ring (bicyclic) bond motifs is 1. The van der Waals surface area contributed by atoms with Crippen molar-refractivity contribution in [1.82, 2.24) is 0 Å². The Balaban J connectivity index is 1.92. The number of ketones is 1. The zero-order valence-electron chi connectivity index (χ0n) is 20.1. The predicted molar refractivity (Wildman–Crippen MR) is 134 cm³/mol. The lowest BCUT2D eigenvalue weighted by Gasteiger charge is -2.30. The van der Waals surface area contributed by atoms with Gasteiger partial charge in [0.1, 0.15) is 11.5 Å². The van der Waals surface area contributed by atoms with E-state index in [1.807, 2.05) is 36.4 Å². The van der Waals surface area contributed by atoms with Gasteiger partial charge in [0.15, 0.2) is 6.10 Å². The molecule has 0 unspecified atom stereocenters. The van der Waals surface area contributed by atoms with Crippen molar-refractivity contribution in [2.24, 2.45) is 0 Å². The van der Waals surface area contributed by atoms with E-state index in [1.165, 1.54) is 0 Å². The summed E-state index contributed by atoms with van der Waals surface area (Å²) in [4.78, 5) is 13.6. The van der Waals surface area contributed by atoms with Crippen LogP contribution in [0.25, 0.3) is 0 Å². The molecule has 172 valence electrons. The van der Waals surface area contributed by atoms with Crippen molar-refractivity contribution < 1.29 is 14.6 Å². The number of hydrogen-bond acceptors (Lipinski definition) is 3. The van der Waals surface area contributed by atoms with E-state index in [-0.39, 0.29) is 22.5 Å². The lowest BCUT2D eigenvalue weighted by molar-refractivity contribution is 0.0806. The minimum Gasteiger partial charge on any atom is -0.507 e. The molecule has 3 aromatic carbocycles. The summed E-state index contributed by atoms with van der Waals surface area (Å²) in [7, 11) is 0. The van der Waals surface area contributed by atoms with Crippen LogP contribution in [0.15, 0.2) is 60.7 Å². The molecule has 3 nitrogen and oxygen atoms in total. The second kappa shape index (κ2) is 8.22. The number of rotatable bonds is 3. The van der Waals surface area contributed by atoms with Gasteiger partial charge >= 0.3 is 0 Å². The SMILES string of the molecule is CC(C)(C)c1cc([C@H]2c3ccccc3O[C@@H]2C(=O)c2ccc(Cl)cc2)cc(C(C)(C)C)c1O. The molecule has 1 heterocycles. The standard InChI is InChI=1S/C29H31ClO3/c1-28(2,3)21-15-18(16-22(26(21)32)29(4,5)6)24-20-9-7-8-10-23(20)33-27(24)25(31)17-11-13-19(30)14-12-17/h7-16,24,27,32H,1-6H3/t24-,27-/m0/s1. The Kier molecular flexibility index (Phi) is 5.82. The van der Waals surface area contributed by atoms with Gasteiger partial charge in [-0.15, -0.1) is 0 Å². The van der Waals surface area contributed by atoms with E-state index in [1.54, 1.807) is 24.3 Å². The number of phenols is 1. The Labute approximate surface area is 201 Å². The van der Waals surface area contributed by atoms with Crippen molar-refractivity contribution in [3.63, 3.8) is 0 Å². The Morgan fingerprint density at radius 1 is 0.879 bits per heavy atom. The maximum absolute atomic E-state index is 13.6. The topological polar surface area (TPSA) is 46.5 Å². The summed E-state index contributed by atoms with van der Waals surface area (Å²) >= 11 is 6.04. The van der Waals surface area contributed by atoms with Crippen LogP contribution in [-0.2, 0) is 10.8 Å². The molecule has 0 spiro atoms. The maximum Gasteiger partial charge on any atom is 0.204 e. The molecule has 0 radical (unpaired) electrons.